The van der Waals surface area contributed by atoms with Crippen molar-refractivity contribution in [3.05, 3.63) is 0 Å². The smallest absolute Gasteiger partial charge is 0.315 e. The number of hydrogen-bond donors (Lipinski definition) is 3. The van der Waals surface area contributed by atoms with E-state index in [4.69, 9.17) is 0 Å². The molecule has 2 unspecified atom stereocenters. The molecule has 0 spiro atoms. The van der Waals surface area contributed by atoms with Gasteiger partial charge in [-0.2, -0.15) is 11.8 Å². The number of nitrogens with one attached hydrogen (secondary N) is 2. The first-order valence-electron chi connectivity index (χ1n) is 7.39. The molecule has 114 valence electrons. The Hall–Kier alpha value is -0.910. The van der Waals surface area contributed by atoms with Crippen molar-refractivity contribution in [1.29, 1.82) is 0 Å². The first-order chi connectivity index (χ1) is 9.56. The number of rotatable bonds is 5. The van der Waals surface area contributed by atoms with Crippen molar-refractivity contribution < 1.29 is 14.7 Å². The molecule has 3 N–H and O–H groups in total. The van der Waals surface area contributed by atoms with Crippen molar-refractivity contribution in [2.75, 3.05) is 12.8 Å². The van der Waals surface area contributed by atoms with Crippen LogP contribution in [0.4, 0.5) is 4.79 Å². The number of urea groups is 1. The van der Waals surface area contributed by atoms with E-state index in [1.165, 1.54) is 0 Å². The van der Waals surface area contributed by atoms with Crippen LogP contribution in [0.1, 0.15) is 44.9 Å². The number of aliphatic carboxylic acids is 1. The van der Waals surface area contributed by atoms with Gasteiger partial charge in [-0.25, -0.2) is 4.79 Å². The van der Waals surface area contributed by atoms with Gasteiger partial charge in [0.25, 0.3) is 0 Å². The highest BCUT2D eigenvalue weighted by Crippen LogP contribution is 2.46. The molecule has 2 saturated carbocycles. The molecule has 0 aromatic heterocycles. The quantitative estimate of drug-likeness (QED) is 0.680. The van der Waals surface area contributed by atoms with E-state index in [0.717, 1.165) is 38.5 Å². The number of carbonyl (C=O) groups excluding carboxylic acids is 1. The summed E-state index contributed by atoms with van der Waals surface area (Å²) in [5.74, 6) is -1.24. The van der Waals surface area contributed by atoms with Crippen molar-refractivity contribution in [2.24, 2.45) is 5.92 Å². The van der Waals surface area contributed by atoms with Gasteiger partial charge < -0.3 is 15.7 Å². The summed E-state index contributed by atoms with van der Waals surface area (Å²) in [7, 11) is 0. The lowest BCUT2D eigenvalue weighted by molar-refractivity contribution is -0.142. The highest BCUT2D eigenvalue weighted by molar-refractivity contribution is 8.00. The van der Waals surface area contributed by atoms with Crippen molar-refractivity contribution in [3.63, 3.8) is 0 Å². The molecule has 0 bridgehead atoms. The Bertz CT molecular complexity index is 371. The minimum absolute atomic E-state index is 0.219. The lowest BCUT2D eigenvalue weighted by Crippen LogP contribution is -2.48. The molecule has 0 radical (unpaired) electrons. The molecular formula is C14H24N2O3S. The van der Waals surface area contributed by atoms with Crippen molar-refractivity contribution in [1.82, 2.24) is 10.6 Å². The third-order valence-electron chi connectivity index (χ3n) is 4.46. The number of carboxylic acid groups (broad SMARTS) is 1. The van der Waals surface area contributed by atoms with E-state index in [1.54, 1.807) is 11.8 Å². The summed E-state index contributed by atoms with van der Waals surface area (Å²) in [4.78, 5) is 23.3. The van der Waals surface area contributed by atoms with Gasteiger partial charge in [0, 0.05) is 17.3 Å². The van der Waals surface area contributed by atoms with Gasteiger partial charge in [0.15, 0.2) is 0 Å². The molecule has 2 aliphatic rings. The minimum atomic E-state index is -0.792. The number of hydrogen-bond acceptors (Lipinski definition) is 3. The number of carboxylic acids is 1. The third kappa shape index (κ3) is 4.04. The van der Waals surface area contributed by atoms with Gasteiger partial charge in [-0.15, -0.1) is 0 Å². The van der Waals surface area contributed by atoms with Crippen LogP contribution in [0.2, 0.25) is 0 Å². The van der Waals surface area contributed by atoms with Crippen LogP contribution in [0.5, 0.6) is 0 Å². The average molecular weight is 300 g/mol. The molecule has 2 fully saturated rings. The zero-order valence-electron chi connectivity index (χ0n) is 12.0. The van der Waals surface area contributed by atoms with Crippen molar-refractivity contribution in [3.8, 4) is 0 Å². The molecule has 2 aliphatic carbocycles. The van der Waals surface area contributed by atoms with Crippen LogP contribution in [0, 0.1) is 5.92 Å². The molecule has 2 amide bonds. The zero-order valence-corrected chi connectivity index (χ0v) is 12.8. The summed E-state index contributed by atoms with van der Waals surface area (Å²) in [5.41, 5.74) is 0. The molecule has 2 rings (SSSR count). The normalized spacial score (nSPS) is 28.2. The Labute approximate surface area is 124 Å². The van der Waals surface area contributed by atoms with Crippen LogP contribution in [0.3, 0.4) is 0 Å². The third-order valence-corrected chi connectivity index (χ3v) is 5.88. The lowest BCUT2D eigenvalue weighted by Gasteiger charge is -2.23. The molecule has 0 aromatic carbocycles. The van der Waals surface area contributed by atoms with Gasteiger partial charge in [0.2, 0.25) is 0 Å². The van der Waals surface area contributed by atoms with Crippen LogP contribution >= 0.6 is 11.8 Å². The number of thioether (sulfide) groups is 1. The maximum atomic E-state index is 12.0. The van der Waals surface area contributed by atoms with Gasteiger partial charge in [0.1, 0.15) is 0 Å². The van der Waals surface area contributed by atoms with E-state index in [9.17, 15) is 14.7 Å². The molecule has 5 nitrogen and oxygen atoms in total. The second-order valence-electron chi connectivity index (χ2n) is 5.90. The lowest BCUT2D eigenvalue weighted by atomic mass is 9.95. The molecule has 0 saturated heterocycles. The van der Waals surface area contributed by atoms with Crippen LogP contribution in [0.15, 0.2) is 0 Å². The Morgan fingerprint density at radius 1 is 1.25 bits per heavy atom. The molecule has 2 atom stereocenters. The first-order valence-corrected chi connectivity index (χ1v) is 8.61. The maximum Gasteiger partial charge on any atom is 0.315 e. The molecular weight excluding hydrogens is 276 g/mol. The molecule has 20 heavy (non-hydrogen) atoms. The summed E-state index contributed by atoms with van der Waals surface area (Å²) in [6.45, 7) is 0.671. The summed E-state index contributed by atoms with van der Waals surface area (Å²) in [5, 5.41) is 15.1. The van der Waals surface area contributed by atoms with Gasteiger partial charge >= 0.3 is 12.0 Å². The molecule has 0 heterocycles. The van der Waals surface area contributed by atoms with Crippen LogP contribution in [-0.2, 0) is 4.79 Å². The second-order valence-corrected chi connectivity index (χ2v) is 7.18. The topological polar surface area (TPSA) is 78.4 Å². The minimum Gasteiger partial charge on any atom is -0.481 e. The van der Waals surface area contributed by atoms with E-state index in [-0.39, 0.29) is 16.8 Å². The average Bonchev–Trinajstić information content (AvgIpc) is 3.21. The van der Waals surface area contributed by atoms with E-state index in [1.807, 2.05) is 0 Å². The Morgan fingerprint density at radius 2 is 1.95 bits per heavy atom. The number of carbonyl (C=O) groups is 2. The van der Waals surface area contributed by atoms with Gasteiger partial charge in [-0.1, -0.05) is 19.3 Å². The van der Waals surface area contributed by atoms with Crippen LogP contribution in [0.25, 0.3) is 0 Å². The first kappa shape index (κ1) is 15.5. The standard InChI is InChI=1S/C14H24N2O3S/c1-20-14(7-8-14)9-15-13(19)16-11-6-4-2-3-5-10(11)12(17)18/h10-11H,2-9H2,1H3,(H,17,18)(H2,15,16,19). The van der Waals surface area contributed by atoms with Crippen molar-refractivity contribution >= 4 is 23.8 Å². The van der Waals surface area contributed by atoms with Gasteiger partial charge in [-0.3, -0.25) is 4.79 Å². The van der Waals surface area contributed by atoms with Crippen LogP contribution < -0.4 is 10.6 Å². The Balaban J connectivity index is 1.82. The monoisotopic (exact) mass is 300 g/mol. The zero-order chi connectivity index (χ0) is 14.6. The predicted octanol–water partition coefficient (Wildman–Crippen LogP) is 2.21. The fourth-order valence-corrected chi connectivity index (χ4v) is 3.56. The van der Waals surface area contributed by atoms with Gasteiger partial charge in [0.05, 0.1) is 5.92 Å². The summed E-state index contributed by atoms with van der Waals surface area (Å²) < 4.78 is 0.229. The Morgan fingerprint density at radius 3 is 2.55 bits per heavy atom. The summed E-state index contributed by atoms with van der Waals surface area (Å²) >= 11 is 1.80. The van der Waals surface area contributed by atoms with E-state index in [0.29, 0.717) is 13.0 Å². The SMILES string of the molecule is CSC1(CNC(=O)NC2CCCCCC2C(=O)O)CC1. The fraction of sp³-hybridized carbons (Fsp3) is 0.857. The summed E-state index contributed by atoms with van der Waals surface area (Å²) in [6.07, 6.45) is 8.77. The molecule has 0 aliphatic heterocycles. The Kier molecular flexibility index (Phi) is 5.18. The second kappa shape index (κ2) is 6.70. The molecule has 0 aromatic rings. The fourth-order valence-electron chi connectivity index (χ4n) is 2.83. The maximum absolute atomic E-state index is 12.0. The summed E-state index contributed by atoms with van der Waals surface area (Å²) in [6, 6.07) is -0.456. The van der Waals surface area contributed by atoms with E-state index < -0.39 is 11.9 Å². The predicted molar refractivity (Wildman–Crippen MR) is 80.0 cm³/mol. The number of amides is 2. The van der Waals surface area contributed by atoms with E-state index in [2.05, 4.69) is 16.9 Å². The molecule has 6 heteroatoms. The van der Waals surface area contributed by atoms with E-state index >= 15 is 0 Å². The van der Waals surface area contributed by atoms with Gasteiger partial charge in [-0.05, 0) is 31.9 Å². The largest absolute Gasteiger partial charge is 0.481 e. The highest BCUT2D eigenvalue weighted by Gasteiger charge is 2.42. The van der Waals surface area contributed by atoms with Crippen molar-refractivity contribution in [2.45, 2.75) is 55.7 Å². The van der Waals surface area contributed by atoms with Crippen LogP contribution in [-0.4, -0.2) is 40.7 Å². The highest BCUT2D eigenvalue weighted by atomic mass is 32.2.